The van der Waals surface area contributed by atoms with E-state index in [1.165, 1.54) is 19.3 Å². The predicted molar refractivity (Wildman–Crippen MR) is 47.9 cm³/mol. The summed E-state index contributed by atoms with van der Waals surface area (Å²) in [6.07, 6.45) is 7.89. The van der Waals surface area contributed by atoms with Crippen LogP contribution < -0.4 is 5.32 Å². The second-order valence-corrected chi connectivity index (χ2v) is 3.90. The van der Waals surface area contributed by atoms with E-state index < -0.39 is 5.67 Å². The first-order valence-corrected chi connectivity index (χ1v) is 4.90. The highest BCUT2D eigenvalue weighted by Gasteiger charge is 2.40. The van der Waals surface area contributed by atoms with Gasteiger partial charge in [-0.2, -0.15) is 0 Å². The summed E-state index contributed by atoms with van der Waals surface area (Å²) in [4.78, 5) is 0. The van der Waals surface area contributed by atoms with Gasteiger partial charge in [-0.3, -0.25) is 0 Å². The first kappa shape index (κ1) is 8.24. The van der Waals surface area contributed by atoms with E-state index in [1.807, 2.05) is 0 Å². The van der Waals surface area contributed by atoms with Gasteiger partial charge in [0.1, 0.15) is 0 Å². The van der Waals surface area contributed by atoms with Crippen molar-refractivity contribution in [1.82, 2.24) is 5.32 Å². The Hall–Kier alpha value is -0.370. The van der Waals surface area contributed by atoms with Gasteiger partial charge in [-0.15, -0.1) is 0 Å². The molecule has 1 N–H and O–H groups in total. The minimum absolute atomic E-state index is 0.541. The summed E-state index contributed by atoms with van der Waals surface area (Å²) in [7, 11) is 0. The standard InChI is InChI=1S/C10H16FN/c11-10(7-12-8-10)9-5-3-1-2-4-6-9/h5,12H,1-4,6-8H2. The molecule has 2 rings (SSSR count). The molecule has 1 fully saturated rings. The van der Waals surface area contributed by atoms with Crippen molar-refractivity contribution in [2.45, 2.75) is 37.8 Å². The summed E-state index contributed by atoms with van der Waals surface area (Å²) in [6, 6.07) is 0. The molecule has 0 atom stereocenters. The quantitative estimate of drug-likeness (QED) is 0.593. The minimum Gasteiger partial charge on any atom is -0.310 e. The first-order chi connectivity index (χ1) is 5.81. The van der Waals surface area contributed by atoms with E-state index in [1.54, 1.807) is 0 Å². The molecule has 68 valence electrons. The molecule has 1 heterocycles. The molecular weight excluding hydrogens is 153 g/mol. The highest BCUT2D eigenvalue weighted by molar-refractivity contribution is 5.23. The molecule has 2 heteroatoms. The summed E-state index contributed by atoms with van der Waals surface area (Å²) in [5.74, 6) is 0. The number of rotatable bonds is 1. The van der Waals surface area contributed by atoms with Gasteiger partial charge in [-0.25, -0.2) is 4.39 Å². The fourth-order valence-corrected chi connectivity index (χ4v) is 1.99. The number of nitrogens with one attached hydrogen (secondary N) is 1. The Balaban J connectivity index is 2.04. The van der Waals surface area contributed by atoms with Crippen LogP contribution in [0.1, 0.15) is 32.1 Å². The molecule has 0 bridgehead atoms. The Morgan fingerprint density at radius 1 is 1.25 bits per heavy atom. The lowest BCUT2D eigenvalue weighted by Gasteiger charge is -2.37. The number of hydrogen-bond donors (Lipinski definition) is 1. The van der Waals surface area contributed by atoms with E-state index in [4.69, 9.17) is 0 Å². The Morgan fingerprint density at radius 2 is 2.08 bits per heavy atom. The van der Waals surface area contributed by atoms with Gasteiger partial charge in [0.15, 0.2) is 5.67 Å². The van der Waals surface area contributed by atoms with Crippen molar-refractivity contribution in [3.05, 3.63) is 11.6 Å². The molecule has 1 aliphatic carbocycles. The minimum atomic E-state index is -0.968. The highest BCUT2D eigenvalue weighted by Crippen LogP contribution is 2.32. The Morgan fingerprint density at radius 3 is 2.75 bits per heavy atom. The molecule has 12 heavy (non-hydrogen) atoms. The molecule has 1 saturated heterocycles. The second-order valence-electron chi connectivity index (χ2n) is 3.90. The summed E-state index contributed by atoms with van der Waals surface area (Å²) in [6.45, 7) is 1.08. The van der Waals surface area contributed by atoms with Crippen molar-refractivity contribution in [2.75, 3.05) is 13.1 Å². The fraction of sp³-hybridized carbons (Fsp3) is 0.800. The number of hydrogen-bond acceptors (Lipinski definition) is 1. The van der Waals surface area contributed by atoms with Gasteiger partial charge in [0.2, 0.25) is 0 Å². The number of allylic oxidation sites excluding steroid dienone is 1. The lowest BCUT2D eigenvalue weighted by Crippen LogP contribution is -2.57. The molecule has 0 radical (unpaired) electrons. The maximum absolute atomic E-state index is 13.8. The zero-order valence-electron chi connectivity index (χ0n) is 7.41. The average molecular weight is 169 g/mol. The summed E-state index contributed by atoms with van der Waals surface area (Å²) < 4.78 is 13.8. The average Bonchev–Trinajstić information content (AvgIpc) is 2.27. The Labute approximate surface area is 73.0 Å². The molecule has 0 spiro atoms. The third-order valence-corrected chi connectivity index (χ3v) is 2.93. The molecule has 2 aliphatic rings. The SMILES string of the molecule is FC1(C2=CCCCCC2)CNC1. The van der Waals surface area contributed by atoms with Crippen LogP contribution in [-0.2, 0) is 0 Å². The maximum Gasteiger partial charge on any atom is 0.156 e. The van der Waals surface area contributed by atoms with Crippen molar-refractivity contribution in [3.63, 3.8) is 0 Å². The molecule has 1 aliphatic heterocycles. The van der Waals surface area contributed by atoms with E-state index in [-0.39, 0.29) is 0 Å². The molecule has 1 nitrogen and oxygen atoms in total. The Bertz CT molecular complexity index is 194. The second kappa shape index (κ2) is 3.17. The Kier molecular flexibility index (Phi) is 2.18. The van der Waals surface area contributed by atoms with Crippen LogP contribution in [0, 0.1) is 0 Å². The largest absolute Gasteiger partial charge is 0.310 e. The lowest BCUT2D eigenvalue weighted by molar-refractivity contribution is 0.128. The van der Waals surface area contributed by atoms with Crippen LogP contribution >= 0.6 is 0 Å². The van der Waals surface area contributed by atoms with E-state index in [9.17, 15) is 4.39 Å². The number of halogens is 1. The van der Waals surface area contributed by atoms with Gasteiger partial charge in [-0.1, -0.05) is 12.5 Å². The first-order valence-electron chi connectivity index (χ1n) is 4.90. The van der Waals surface area contributed by atoms with Gasteiger partial charge in [0.05, 0.1) is 0 Å². The monoisotopic (exact) mass is 169 g/mol. The fourth-order valence-electron chi connectivity index (χ4n) is 1.99. The molecule has 0 aromatic carbocycles. The smallest absolute Gasteiger partial charge is 0.156 e. The van der Waals surface area contributed by atoms with Crippen LogP contribution in [0.2, 0.25) is 0 Å². The molecule has 0 aromatic rings. The van der Waals surface area contributed by atoms with Gasteiger partial charge < -0.3 is 5.32 Å². The van der Waals surface area contributed by atoms with E-state index >= 15 is 0 Å². The summed E-state index contributed by atoms with van der Waals surface area (Å²) >= 11 is 0. The van der Waals surface area contributed by atoms with Crippen LogP contribution in [-0.4, -0.2) is 18.8 Å². The van der Waals surface area contributed by atoms with E-state index in [0.717, 1.165) is 18.4 Å². The van der Waals surface area contributed by atoms with Crippen molar-refractivity contribution in [1.29, 1.82) is 0 Å². The maximum atomic E-state index is 13.8. The zero-order chi connectivity index (χ0) is 8.44. The lowest BCUT2D eigenvalue weighted by atomic mass is 9.87. The van der Waals surface area contributed by atoms with Crippen molar-refractivity contribution in [2.24, 2.45) is 0 Å². The molecule has 0 amide bonds. The van der Waals surface area contributed by atoms with Gasteiger partial charge in [0, 0.05) is 13.1 Å². The summed E-state index contributed by atoms with van der Waals surface area (Å²) in [5, 5.41) is 3.00. The third kappa shape index (κ3) is 1.40. The predicted octanol–water partition coefficient (Wildman–Crippen LogP) is 2.19. The molecule has 0 unspecified atom stereocenters. The van der Waals surface area contributed by atoms with Crippen LogP contribution in [0.15, 0.2) is 11.6 Å². The van der Waals surface area contributed by atoms with Crippen LogP contribution in [0.5, 0.6) is 0 Å². The zero-order valence-corrected chi connectivity index (χ0v) is 7.41. The van der Waals surface area contributed by atoms with Gasteiger partial charge >= 0.3 is 0 Å². The summed E-state index contributed by atoms with van der Waals surface area (Å²) in [5.41, 5.74) is 0.100. The van der Waals surface area contributed by atoms with Gasteiger partial charge in [-0.05, 0) is 31.3 Å². The van der Waals surface area contributed by atoms with Crippen molar-refractivity contribution >= 4 is 0 Å². The topological polar surface area (TPSA) is 12.0 Å². The van der Waals surface area contributed by atoms with E-state index in [0.29, 0.717) is 13.1 Å². The molecular formula is C10H16FN. The van der Waals surface area contributed by atoms with Crippen molar-refractivity contribution in [3.8, 4) is 0 Å². The molecule has 0 aromatic heterocycles. The van der Waals surface area contributed by atoms with Crippen LogP contribution in [0.4, 0.5) is 4.39 Å². The molecule has 0 saturated carbocycles. The van der Waals surface area contributed by atoms with Crippen LogP contribution in [0.25, 0.3) is 0 Å². The van der Waals surface area contributed by atoms with E-state index in [2.05, 4.69) is 11.4 Å². The number of alkyl halides is 1. The van der Waals surface area contributed by atoms with Gasteiger partial charge in [0.25, 0.3) is 0 Å². The van der Waals surface area contributed by atoms with Crippen molar-refractivity contribution < 1.29 is 4.39 Å². The normalized spacial score (nSPS) is 28.6. The third-order valence-electron chi connectivity index (χ3n) is 2.93. The highest BCUT2D eigenvalue weighted by atomic mass is 19.1. The van der Waals surface area contributed by atoms with Crippen LogP contribution in [0.3, 0.4) is 0 Å².